The van der Waals surface area contributed by atoms with Gasteiger partial charge in [0.1, 0.15) is 5.75 Å². The van der Waals surface area contributed by atoms with E-state index in [2.05, 4.69) is 10.0 Å². The van der Waals surface area contributed by atoms with Crippen LogP contribution in [0.2, 0.25) is 0 Å². The lowest BCUT2D eigenvalue weighted by atomic mass is 10.1. The highest BCUT2D eigenvalue weighted by molar-refractivity contribution is 7.89. The summed E-state index contributed by atoms with van der Waals surface area (Å²) in [6.45, 7) is 2.23. The van der Waals surface area contributed by atoms with Crippen LogP contribution in [0, 0.1) is 6.92 Å². The molecule has 3 rings (SSSR count). The quantitative estimate of drug-likeness (QED) is 0.528. The number of nitrogens with one attached hydrogen (secondary N) is 2. The van der Waals surface area contributed by atoms with Crippen LogP contribution in [-0.2, 0) is 16.6 Å². The van der Waals surface area contributed by atoms with Crippen LogP contribution >= 0.6 is 11.3 Å². The van der Waals surface area contributed by atoms with E-state index < -0.39 is 10.0 Å². The Morgan fingerprint density at radius 3 is 2.43 bits per heavy atom. The van der Waals surface area contributed by atoms with E-state index >= 15 is 0 Å². The van der Waals surface area contributed by atoms with Gasteiger partial charge in [-0.2, -0.15) is 0 Å². The molecule has 0 aliphatic heterocycles. The van der Waals surface area contributed by atoms with Crippen molar-refractivity contribution in [2.24, 2.45) is 0 Å². The minimum atomic E-state index is -3.48. The number of hydrogen-bond acceptors (Lipinski definition) is 5. The molecule has 0 spiro atoms. The first-order valence-corrected chi connectivity index (χ1v) is 11.9. The Bertz CT molecular complexity index is 1090. The van der Waals surface area contributed by atoms with Gasteiger partial charge in [0.05, 0.1) is 17.7 Å². The lowest BCUT2D eigenvalue weighted by Gasteiger charge is -2.07. The second kappa shape index (κ2) is 9.88. The molecule has 1 heterocycles. The molecule has 0 aliphatic carbocycles. The van der Waals surface area contributed by atoms with Crippen LogP contribution in [0.1, 0.15) is 20.1 Å². The molecule has 0 saturated heterocycles. The summed E-state index contributed by atoms with van der Waals surface area (Å²) in [5.74, 6) is 0.314. The van der Waals surface area contributed by atoms with E-state index in [9.17, 15) is 13.2 Å². The SMILES string of the molecule is COc1ccc(-c2cc(C(=O)NCCS(=O)(=O)NCc3ccccc3)sc2C)cc1. The van der Waals surface area contributed by atoms with Crippen molar-refractivity contribution in [1.82, 2.24) is 10.0 Å². The number of amides is 1. The fourth-order valence-electron chi connectivity index (χ4n) is 2.90. The molecule has 1 amide bonds. The highest BCUT2D eigenvalue weighted by Crippen LogP contribution is 2.31. The summed E-state index contributed by atoms with van der Waals surface area (Å²) >= 11 is 1.38. The Morgan fingerprint density at radius 2 is 1.77 bits per heavy atom. The third-order valence-electron chi connectivity index (χ3n) is 4.54. The topological polar surface area (TPSA) is 84.5 Å². The van der Waals surface area contributed by atoms with E-state index in [1.807, 2.05) is 67.6 Å². The molecule has 3 aromatic rings. The maximum absolute atomic E-state index is 12.5. The predicted molar refractivity (Wildman–Crippen MR) is 120 cm³/mol. The zero-order valence-electron chi connectivity index (χ0n) is 16.8. The molecule has 0 bridgehead atoms. The first-order chi connectivity index (χ1) is 14.4. The minimum absolute atomic E-state index is 0.0395. The largest absolute Gasteiger partial charge is 0.497 e. The zero-order chi connectivity index (χ0) is 21.6. The molecular formula is C22H24N2O4S2. The highest BCUT2D eigenvalue weighted by Gasteiger charge is 2.15. The molecule has 0 fully saturated rings. The smallest absolute Gasteiger partial charge is 0.261 e. The maximum Gasteiger partial charge on any atom is 0.261 e. The van der Waals surface area contributed by atoms with Gasteiger partial charge in [0, 0.05) is 18.0 Å². The number of benzene rings is 2. The van der Waals surface area contributed by atoms with Crippen LogP contribution in [0.25, 0.3) is 11.1 Å². The van der Waals surface area contributed by atoms with E-state index in [1.165, 1.54) is 11.3 Å². The second-order valence-corrected chi connectivity index (χ2v) is 9.87. The molecule has 0 saturated carbocycles. The van der Waals surface area contributed by atoms with Gasteiger partial charge < -0.3 is 10.1 Å². The average molecular weight is 445 g/mol. The Morgan fingerprint density at radius 1 is 1.07 bits per heavy atom. The summed E-state index contributed by atoms with van der Waals surface area (Å²) in [7, 11) is -1.87. The van der Waals surface area contributed by atoms with E-state index in [-0.39, 0.29) is 24.7 Å². The molecule has 0 aliphatic rings. The Labute approximate surface area is 181 Å². The van der Waals surface area contributed by atoms with Gasteiger partial charge >= 0.3 is 0 Å². The van der Waals surface area contributed by atoms with Crippen LogP contribution in [0.15, 0.2) is 60.7 Å². The predicted octanol–water partition coefficient (Wildman–Crippen LogP) is 3.58. The number of carbonyl (C=O) groups is 1. The molecule has 158 valence electrons. The summed E-state index contributed by atoms with van der Waals surface area (Å²) in [6.07, 6.45) is 0. The number of ether oxygens (including phenoxy) is 1. The number of thiophene rings is 1. The summed E-state index contributed by atoms with van der Waals surface area (Å²) in [5, 5.41) is 2.70. The fourth-order valence-corrected chi connectivity index (χ4v) is 4.76. The van der Waals surface area contributed by atoms with Crippen molar-refractivity contribution in [2.45, 2.75) is 13.5 Å². The van der Waals surface area contributed by atoms with Crippen molar-refractivity contribution in [3.63, 3.8) is 0 Å². The Balaban J connectivity index is 1.54. The van der Waals surface area contributed by atoms with E-state index in [1.54, 1.807) is 7.11 Å². The average Bonchev–Trinajstić information content (AvgIpc) is 3.15. The monoisotopic (exact) mass is 444 g/mol. The fraction of sp³-hybridized carbons (Fsp3) is 0.227. The van der Waals surface area contributed by atoms with Crippen LogP contribution in [0.3, 0.4) is 0 Å². The molecule has 0 radical (unpaired) electrons. The molecule has 1 aromatic heterocycles. The van der Waals surface area contributed by atoms with Crippen molar-refractivity contribution in [1.29, 1.82) is 0 Å². The Kier molecular flexibility index (Phi) is 7.25. The number of sulfonamides is 1. The number of hydrogen-bond donors (Lipinski definition) is 2. The first kappa shape index (κ1) is 22.0. The van der Waals surface area contributed by atoms with Crippen LogP contribution < -0.4 is 14.8 Å². The number of rotatable bonds is 9. The van der Waals surface area contributed by atoms with Gasteiger partial charge in [0.25, 0.3) is 5.91 Å². The molecule has 30 heavy (non-hydrogen) atoms. The number of aryl methyl sites for hydroxylation is 1. The van der Waals surface area contributed by atoms with Gasteiger partial charge in [0.15, 0.2) is 0 Å². The second-order valence-electron chi connectivity index (χ2n) is 6.69. The van der Waals surface area contributed by atoms with Gasteiger partial charge in [-0.15, -0.1) is 11.3 Å². The van der Waals surface area contributed by atoms with E-state index in [4.69, 9.17) is 4.74 Å². The lowest BCUT2D eigenvalue weighted by Crippen LogP contribution is -2.34. The third kappa shape index (κ3) is 5.91. The lowest BCUT2D eigenvalue weighted by molar-refractivity contribution is 0.0960. The van der Waals surface area contributed by atoms with Crippen molar-refractivity contribution in [3.8, 4) is 16.9 Å². The third-order valence-corrected chi connectivity index (χ3v) is 6.91. The molecule has 2 aromatic carbocycles. The molecule has 2 N–H and O–H groups in total. The molecule has 6 nitrogen and oxygen atoms in total. The summed E-state index contributed by atoms with van der Waals surface area (Å²) in [5.41, 5.74) is 2.85. The summed E-state index contributed by atoms with van der Waals surface area (Å²) in [6, 6.07) is 18.8. The highest BCUT2D eigenvalue weighted by atomic mass is 32.2. The van der Waals surface area contributed by atoms with Crippen molar-refractivity contribution in [2.75, 3.05) is 19.4 Å². The number of methoxy groups -OCH3 is 1. The molecule has 8 heteroatoms. The van der Waals surface area contributed by atoms with Crippen molar-refractivity contribution >= 4 is 27.3 Å². The van der Waals surface area contributed by atoms with Gasteiger partial charge in [0.2, 0.25) is 10.0 Å². The van der Waals surface area contributed by atoms with Gasteiger partial charge in [-0.1, -0.05) is 42.5 Å². The summed E-state index contributed by atoms with van der Waals surface area (Å²) < 4.78 is 32.0. The number of carbonyl (C=O) groups excluding carboxylic acids is 1. The van der Waals surface area contributed by atoms with Crippen molar-refractivity contribution in [3.05, 3.63) is 76.0 Å². The minimum Gasteiger partial charge on any atom is -0.497 e. The molecule has 0 atom stereocenters. The maximum atomic E-state index is 12.5. The van der Waals surface area contributed by atoms with Crippen LogP contribution in [-0.4, -0.2) is 33.7 Å². The summed E-state index contributed by atoms with van der Waals surface area (Å²) in [4.78, 5) is 14.0. The van der Waals surface area contributed by atoms with Gasteiger partial charge in [-0.25, -0.2) is 13.1 Å². The molecular weight excluding hydrogens is 420 g/mol. The van der Waals surface area contributed by atoms with Gasteiger partial charge in [-0.3, -0.25) is 4.79 Å². The normalized spacial score (nSPS) is 11.3. The zero-order valence-corrected chi connectivity index (χ0v) is 18.5. The van der Waals surface area contributed by atoms with E-state index in [0.717, 1.165) is 27.3 Å². The van der Waals surface area contributed by atoms with E-state index in [0.29, 0.717) is 4.88 Å². The first-order valence-electron chi connectivity index (χ1n) is 9.42. The van der Waals surface area contributed by atoms with Gasteiger partial charge in [-0.05, 0) is 41.8 Å². The standard InChI is InChI=1S/C22H24N2O4S2/c1-16-20(18-8-10-19(28-2)11-9-18)14-21(29-16)22(25)23-12-13-30(26,27)24-15-17-6-4-3-5-7-17/h3-11,14,24H,12-13,15H2,1-2H3,(H,23,25). The Hall–Kier alpha value is -2.68. The van der Waals surface area contributed by atoms with Crippen LogP contribution in [0.5, 0.6) is 5.75 Å². The van der Waals surface area contributed by atoms with Crippen molar-refractivity contribution < 1.29 is 17.9 Å². The molecule has 0 unspecified atom stereocenters. The van der Waals surface area contributed by atoms with Crippen LogP contribution in [0.4, 0.5) is 0 Å².